The second-order valence-corrected chi connectivity index (χ2v) is 18.1. The van der Waals surface area contributed by atoms with Gasteiger partial charge in [-0.2, -0.15) is 0 Å². The first-order valence-electron chi connectivity index (χ1n) is 18.7. The van der Waals surface area contributed by atoms with Crippen LogP contribution in [0.3, 0.4) is 0 Å². The van der Waals surface area contributed by atoms with Crippen molar-refractivity contribution in [2.45, 2.75) is 137 Å². The molecule has 2 aliphatic rings. The van der Waals surface area contributed by atoms with Gasteiger partial charge in [0.15, 0.2) is 12.4 Å². The number of alkyl halides is 1. The second-order valence-electron chi connectivity index (χ2n) is 17.4. The van der Waals surface area contributed by atoms with E-state index < -0.39 is 34.4 Å². The van der Waals surface area contributed by atoms with E-state index in [0.29, 0.717) is 64.7 Å². The molecule has 12 nitrogen and oxygen atoms in total. The number of rotatable bonds is 19. The van der Waals surface area contributed by atoms with Crippen LogP contribution in [0, 0.1) is 21.7 Å². The summed E-state index contributed by atoms with van der Waals surface area (Å²) in [5, 5.41) is 5.15. The molecular formula is C38H67ClN4O8. The maximum Gasteiger partial charge on any atom is 0.407 e. The fourth-order valence-corrected chi connectivity index (χ4v) is 8.59. The van der Waals surface area contributed by atoms with E-state index in [-0.39, 0.29) is 54.3 Å². The van der Waals surface area contributed by atoms with Crippen LogP contribution in [0.1, 0.15) is 120 Å². The first-order chi connectivity index (χ1) is 23.6. The van der Waals surface area contributed by atoms with Crippen LogP contribution in [0.15, 0.2) is 0 Å². The minimum atomic E-state index is -0.832. The molecule has 2 fully saturated rings. The maximum atomic E-state index is 13.1. The normalized spacial score (nSPS) is 26.2. The molecule has 0 saturated heterocycles. The lowest BCUT2D eigenvalue weighted by molar-refractivity contribution is -0.151. The number of Topliss-reactive ketones (excluding diaryl/α,β-unsaturated/α-hetero) is 2. The molecule has 0 aromatic heterocycles. The summed E-state index contributed by atoms with van der Waals surface area (Å²) in [5.41, 5.74) is -1.48. The van der Waals surface area contributed by atoms with Crippen molar-refractivity contribution in [1.82, 2.24) is 20.4 Å². The highest BCUT2D eigenvalue weighted by Gasteiger charge is 2.47. The molecule has 0 heterocycles. The third kappa shape index (κ3) is 15.6. The van der Waals surface area contributed by atoms with E-state index in [9.17, 15) is 24.0 Å². The Balaban J connectivity index is 1.78. The number of ether oxygens (including phenoxy) is 3. The molecule has 51 heavy (non-hydrogen) atoms. The summed E-state index contributed by atoms with van der Waals surface area (Å²) in [6.45, 7) is 18.1. The van der Waals surface area contributed by atoms with Gasteiger partial charge in [0.1, 0.15) is 11.2 Å². The van der Waals surface area contributed by atoms with E-state index in [1.165, 1.54) is 6.92 Å². The lowest BCUT2D eigenvalue weighted by Crippen LogP contribution is -2.50. The lowest BCUT2D eigenvalue weighted by Gasteiger charge is -2.45. The third-order valence-corrected chi connectivity index (χ3v) is 10.2. The Morgan fingerprint density at radius 1 is 0.745 bits per heavy atom. The van der Waals surface area contributed by atoms with E-state index in [2.05, 4.69) is 48.1 Å². The van der Waals surface area contributed by atoms with Gasteiger partial charge in [-0.25, -0.2) is 9.59 Å². The molecule has 5 unspecified atom stereocenters. The molecule has 0 radical (unpaired) electrons. The van der Waals surface area contributed by atoms with Crippen molar-refractivity contribution >= 4 is 41.3 Å². The van der Waals surface area contributed by atoms with Crippen LogP contribution < -0.4 is 10.6 Å². The highest BCUT2D eigenvalue weighted by molar-refractivity contribution is 6.29. The number of halogens is 1. The van der Waals surface area contributed by atoms with Crippen molar-refractivity contribution in [3.05, 3.63) is 0 Å². The average Bonchev–Trinajstić information content (AvgIpc) is 2.97. The fourth-order valence-electron chi connectivity index (χ4n) is 8.53. The highest BCUT2D eigenvalue weighted by atomic mass is 35.5. The van der Waals surface area contributed by atoms with E-state index >= 15 is 0 Å². The average molecular weight is 743 g/mol. The number of alkyl carbamates (subject to hydrolysis) is 2. The van der Waals surface area contributed by atoms with Crippen LogP contribution in [0.4, 0.5) is 9.59 Å². The number of nitrogens with one attached hydrogen (secondary N) is 2. The third-order valence-electron chi connectivity index (χ3n) is 10.1. The topological polar surface area (TPSA) is 144 Å². The Morgan fingerprint density at radius 2 is 1.20 bits per heavy atom. The first-order valence-corrected chi connectivity index (χ1v) is 19.1. The van der Waals surface area contributed by atoms with Crippen molar-refractivity contribution < 1.29 is 38.2 Å². The molecule has 0 bridgehead atoms. The van der Waals surface area contributed by atoms with Gasteiger partial charge in [0.25, 0.3) is 0 Å². The molecule has 0 aliphatic heterocycles. The fraction of sp³-hybridized carbons (Fsp3) is 0.868. The molecule has 2 rings (SSSR count). The minimum Gasteiger partial charge on any atom is -0.457 e. The summed E-state index contributed by atoms with van der Waals surface area (Å²) in [6, 6.07) is -0.374. The molecular weight excluding hydrogens is 676 g/mol. The number of carbonyl (C=O) groups is 5. The van der Waals surface area contributed by atoms with Gasteiger partial charge in [0, 0.05) is 42.4 Å². The van der Waals surface area contributed by atoms with Crippen molar-refractivity contribution in [1.29, 1.82) is 0 Å². The Kier molecular flexibility index (Phi) is 17.2. The van der Waals surface area contributed by atoms with E-state index in [0.717, 1.165) is 19.3 Å². The van der Waals surface area contributed by atoms with Crippen molar-refractivity contribution in [3.63, 3.8) is 0 Å². The molecule has 294 valence electrons. The van der Waals surface area contributed by atoms with Gasteiger partial charge >= 0.3 is 18.2 Å². The largest absolute Gasteiger partial charge is 0.457 e. The molecule has 2 aliphatic carbocycles. The summed E-state index contributed by atoms with van der Waals surface area (Å²) >= 11 is 5.76. The quantitative estimate of drug-likeness (QED) is 0.0508. The Morgan fingerprint density at radius 3 is 1.61 bits per heavy atom. The van der Waals surface area contributed by atoms with Crippen LogP contribution in [0.5, 0.6) is 0 Å². The smallest absolute Gasteiger partial charge is 0.407 e. The summed E-state index contributed by atoms with van der Waals surface area (Å²) in [4.78, 5) is 67.6. The van der Waals surface area contributed by atoms with Crippen LogP contribution in [0.25, 0.3) is 0 Å². The molecule has 0 spiro atoms. The number of amides is 2. The number of ketones is 2. The van der Waals surface area contributed by atoms with Crippen LogP contribution in [-0.2, 0) is 28.6 Å². The summed E-state index contributed by atoms with van der Waals surface area (Å²) in [7, 11) is 3.97. The van der Waals surface area contributed by atoms with Crippen molar-refractivity contribution in [3.8, 4) is 0 Å². The number of hydrogen-bond donors (Lipinski definition) is 2. The number of carbonyl (C=O) groups excluding carboxylic acids is 5. The van der Waals surface area contributed by atoms with Gasteiger partial charge in [-0.3, -0.25) is 24.2 Å². The van der Waals surface area contributed by atoms with Gasteiger partial charge < -0.3 is 24.8 Å². The molecule has 5 atom stereocenters. The number of esters is 1. The van der Waals surface area contributed by atoms with Gasteiger partial charge in [0.2, 0.25) is 0 Å². The van der Waals surface area contributed by atoms with Crippen LogP contribution in [0.2, 0.25) is 0 Å². The summed E-state index contributed by atoms with van der Waals surface area (Å²) in [6.07, 6.45) is 5.65. The number of nitrogens with zero attached hydrogens (tertiary/aromatic N) is 2. The van der Waals surface area contributed by atoms with E-state index in [4.69, 9.17) is 25.8 Å². The zero-order valence-corrected chi connectivity index (χ0v) is 33.8. The summed E-state index contributed by atoms with van der Waals surface area (Å²) in [5.74, 6) is -0.550. The van der Waals surface area contributed by atoms with Gasteiger partial charge in [-0.1, -0.05) is 48.5 Å². The zero-order chi connectivity index (χ0) is 38.6. The van der Waals surface area contributed by atoms with Crippen LogP contribution in [-0.4, -0.2) is 111 Å². The van der Waals surface area contributed by atoms with Gasteiger partial charge in [0.05, 0.1) is 19.9 Å². The molecule has 2 amide bonds. The highest BCUT2D eigenvalue weighted by Crippen LogP contribution is 2.48. The predicted molar refractivity (Wildman–Crippen MR) is 199 cm³/mol. The van der Waals surface area contributed by atoms with Gasteiger partial charge in [-0.05, 0) is 89.6 Å². The SMILES string of the molecule is CCCC(=O)C1(C)CC(NC(=O)OCCCN(CCCOC(=O)NC2CC(C)(C)CC(C)(C(=O)COC(=O)C(C)Cl)C2)CN(C)C)CC(C)(C)C1. The zero-order valence-electron chi connectivity index (χ0n) is 33.1. The summed E-state index contributed by atoms with van der Waals surface area (Å²) < 4.78 is 16.2. The standard InChI is InChI=1S/C38H67ClN4O8/c1-11-14-30(44)37(7)21-28(19-35(3,4)24-37)40-33(47)49-17-12-15-43(26-42(9)10)16-13-18-50-34(48)41-29-20-36(5,6)25-38(8,22-29)31(45)23-51-32(46)27(2)39/h27-29H,11-26H2,1-10H3,(H,40,47)(H,41,48). The number of hydrogen-bond acceptors (Lipinski definition) is 10. The maximum absolute atomic E-state index is 13.1. The molecule has 2 N–H and O–H groups in total. The van der Waals surface area contributed by atoms with Crippen LogP contribution >= 0.6 is 11.6 Å². The minimum absolute atomic E-state index is 0.0528. The van der Waals surface area contributed by atoms with E-state index in [1.54, 1.807) is 0 Å². The molecule has 0 aromatic rings. The predicted octanol–water partition coefficient (Wildman–Crippen LogP) is 6.32. The second kappa shape index (κ2) is 19.6. The lowest BCUT2D eigenvalue weighted by atomic mass is 9.60. The first kappa shape index (κ1) is 44.7. The van der Waals surface area contributed by atoms with E-state index in [1.807, 2.05) is 34.9 Å². The molecule has 0 aromatic carbocycles. The molecule has 13 heteroatoms. The monoisotopic (exact) mass is 742 g/mol. The van der Waals surface area contributed by atoms with Crippen molar-refractivity contribution in [2.75, 3.05) is 53.7 Å². The van der Waals surface area contributed by atoms with Crippen molar-refractivity contribution in [2.24, 2.45) is 21.7 Å². The van der Waals surface area contributed by atoms with Gasteiger partial charge in [-0.15, -0.1) is 11.6 Å². The Hall–Kier alpha value is -2.44. The Labute approximate surface area is 311 Å². The Bertz CT molecular complexity index is 1190. The molecule has 2 saturated carbocycles.